The summed E-state index contributed by atoms with van der Waals surface area (Å²) in [4.78, 5) is 44.0. The van der Waals surface area contributed by atoms with Gasteiger partial charge in [0.2, 0.25) is 0 Å². The SMILES string of the molecule is CC(=O)c1sc2nc(SCC(=O)c3ccc(F)cc3)[nH]c(=O)c2c1C. The van der Waals surface area contributed by atoms with Crippen molar-refractivity contribution in [2.24, 2.45) is 0 Å². The van der Waals surface area contributed by atoms with E-state index in [1.807, 2.05) is 0 Å². The van der Waals surface area contributed by atoms with Gasteiger partial charge in [-0.3, -0.25) is 14.4 Å². The zero-order chi connectivity index (χ0) is 18.1. The van der Waals surface area contributed by atoms with Crippen LogP contribution >= 0.6 is 23.1 Å². The first kappa shape index (κ1) is 17.5. The predicted molar refractivity (Wildman–Crippen MR) is 96.4 cm³/mol. The first-order valence-electron chi connectivity index (χ1n) is 7.32. The zero-order valence-electron chi connectivity index (χ0n) is 13.4. The summed E-state index contributed by atoms with van der Waals surface area (Å²) in [5, 5.41) is 0.716. The fourth-order valence-electron chi connectivity index (χ4n) is 2.38. The number of carbonyl (C=O) groups is 2. The van der Waals surface area contributed by atoms with Gasteiger partial charge in [-0.25, -0.2) is 9.37 Å². The molecule has 0 amide bonds. The van der Waals surface area contributed by atoms with Crippen molar-refractivity contribution >= 4 is 44.9 Å². The molecular weight excluding hydrogens is 363 g/mol. The van der Waals surface area contributed by atoms with Gasteiger partial charge in [0.1, 0.15) is 10.6 Å². The van der Waals surface area contributed by atoms with Crippen molar-refractivity contribution in [1.82, 2.24) is 9.97 Å². The second kappa shape index (κ2) is 6.89. The van der Waals surface area contributed by atoms with Crippen LogP contribution in [0.5, 0.6) is 0 Å². The first-order chi connectivity index (χ1) is 11.9. The zero-order valence-corrected chi connectivity index (χ0v) is 15.0. The van der Waals surface area contributed by atoms with E-state index < -0.39 is 5.82 Å². The molecule has 2 aromatic heterocycles. The van der Waals surface area contributed by atoms with Crippen molar-refractivity contribution in [2.45, 2.75) is 19.0 Å². The van der Waals surface area contributed by atoms with E-state index in [-0.39, 0.29) is 22.9 Å². The van der Waals surface area contributed by atoms with Gasteiger partial charge in [-0.15, -0.1) is 11.3 Å². The maximum Gasteiger partial charge on any atom is 0.260 e. The molecular formula is C17H13FN2O3S2. The number of carbonyl (C=O) groups excluding carboxylic acids is 2. The molecule has 128 valence electrons. The second-order valence-electron chi connectivity index (χ2n) is 5.38. The Balaban J connectivity index is 1.85. The largest absolute Gasteiger partial charge is 0.301 e. The molecule has 0 spiro atoms. The van der Waals surface area contributed by atoms with Gasteiger partial charge in [0.05, 0.1) is 16.0 Å². The van der Waals surface area contributed by atoms with Gasteiger partial charge >= 0.3 is 0 Å². The normalized spacial score (nSPS) is 11.0. The molecule has 0 aliphatic carbocycles. The Morgan fingerprint density at radius 2 is 1.96 bits per heavy atom. The molecule has 0 fully saturated rings. The lowest BCUT2D eigenvalue weighted by molar-refractivity contribution is 0.101. The van der Waals surface area contributed by atoms with Crippen molar-refractivity contribution < 1.29 is 14.0 Å². The summed E-state index contributed by atoms with van der Waals surface area (Å²) in [7, 11) is 0. The molecule has 0 atom stereocenters. The molecule has 0 radical (unpaired) electrons. The molecule has 3 aromatic rings. The van der Waals surface area contributed by atoms with E-state index in [0.717, 1.165) is 11.8 Å². The molecule has 25 heavy (non-hydrogen) atoms. The number of hydrogen-bond donors (Lipinski definition) is 1. The van der Waals surface area contributed by atoms with Crippen molar-refractivity contribution in [3.05, 3.63) is 56.4 Å². The maximum absolute atomic E-state index is 12.9. The van der Waals surface area contributed by atoms with E-state index in [2.05, 4.69) is 9.97 Å². The van der Waals surface area contributed by atoms with Gasteiger partial charge in [-0.1, -0.05) is 11.8 Å². The monoisotopic (exact) mass is 376 g/mol. The number of fused-ring (bicyclic) bond motifs is 1. The summed E-state index contributed by atoms with van der Waals surface area (Å²) < 4.78 is 12.9. The number of ketones is 2. The van der Waals surface area contributed by atoms with E-state index in [0.29, 0.717) is 31.4 Å². The molecule has 5 nitrogen and oxygen atoms in total. The van der Waals surface area contributed by atoms with Crippen LogP contribution in [0.2, 0.25) is 0 Å². The van der Waals surface area contributed by atoms with Gasteiger partial charge in [0, 0.05) is 5.56 Å². The molecule has 3 rings (SSSR count). The van der Waals surface area contributed by atoms with Gasteiger partial charge in [-0.05, 0) is 43.7 Å². The number of nitrogens with zero attached hydrogens (tertiary/aromatic N) is 1. The van der Waals surface area contributed by atoms with Crippen LogP contribution in [0.4, 0.5) is 4.39 Å². The number of thiophene rings is 1. The van der Waals surface area contributed by atoms with Gasteiger partial charge in [0.15, 0.2) is 16.7 Å². The molecule has 0 saturated heterocycles. The number of thioether (sulfide) groups is 1. The van der Waals surface area contributed by atoms with E-state index in [1.54, 1.807) is 6.92 Å². The molecule has 1 N–H and O–H groups in total. The van der Waals surface area contributed by atoms with Gasteiger partial charge in [-0.2, -0.15) is 0 Å². The number of aromatic amines is 1. The minimum Gasteiger partial charge on any atom is -0.301 e. The number of halogens is 1. The smallest absolute Gasteiger partial charge is 0.260 e. The number of hydrogen-bond acceptors (Lipinski definition) is 6. The number of aromatic nitrogens is 2. The second-order valence-corrected chi connectivity index (χ2v) is 7.35. The number of rotatable bonds is 5. The highest BCUT2D eigenvalue weighted by molar-refractivity contribution is 7.99. The van der Waals surface area contributed by atoms with E-state index in [1.165, 1.54) is 42.5 Å². The Hall–Kier alpha value is -2.32. The minimum absolute atomic E-state index is 0.0595. The highest BCUT2D eigenvalue weighted by Gasteiger charge is 2.17. The summed E-state index contributed by atoms with van der Waals surface area (Å²) in [5.74, 6) is -0.653. The summed E-state index contributed by atoms with van der Waals surface area (Å²) in [6.07, 6.45) is 0. The lowest BCUT2D eigenvalue weighted by Crippen LogP contribution is -2.10. The Labute approximate surface area is 150 Å². The Morgan fingerprint density at radius 1 is 1.28 bits per heavy atom. The summed E-state index contributed by atoms with van der Waals surface area (Å²) >= 11 is 2.26. The van der Waals surface area contributed by atoms with Gasteiger partial charge in [0.25, 0.3) is 5.56 Å². The van der Waals surface area contributed by atoms with Crippen LogP contribution in [-0.4, -0.2) is 27.3 Å². The van der Waals surface area contributed by atoms with Crippen LogP contribution < -0.4 is 5.56 Å². The molecule has 0 saturated carbocycles. The van der Waals surface area contributed by atoms with Crippen LogP contribution in [0.1, 0.15) is 32.5 Å². The lowest BCUT2D eigenvalue weighted by atomic mass is 10.1. The van der Waals surface area contributed by atoms with Crippen LogP contribution in [0, 0.1) is 12.7 Å². The van der Waals surface area contributed by atoms with Crippen molar-refractivity contribution in [1.29, 1.82) is 0 Å². The first-order valence-corrected chi connectivity index (χ1v) is 9.13. The standard InChI is InChI=1S/C17H13FN2O3S2/c1-8-13-15(23)19-17(20-16(13)25-14(8)9(2)21)24-7-12(22)10-3-5-11(18)6-4-10/h3-6H,7H2,1-2H3,(H,19,20,23). The van der Waals surface area contributed by atoms with E-state index >= 15 is 0 Å². The fraction of sp³-hybridized carbons (Fsp3) is 0.176. The summed E-state index contributed by atoms with van der Waals surface area (Å²) in [6.45, 7) is 3.17. The lowest BCUT2D eigenvalue weighted by Gasteiger charge is -2.02. The molecule has 0 unspecified atom stereocenters. The fourth-order valence-corrected chi connectivity index (χ4v) is 4.27. The third-order valence-electron chi connectivity index (χ3n) is 3.60. The topological polar surface area (TPSA) is 79.9 Å². The van der Waals surface area contributed by atoms with Crippen LogP contribution in [0.25, 0.3) is 10.2 Å². The summed E-state index contributed by atoms with van der Waals surface area (Å²) in [6, 6.07) is 5.28. The molecule has 8 heteroatoms. The van der Waals surface area contributed by atoms with Crippen LogP contribution in [0.15, 0.2) is 34.2 Å². The van der Waals surface area contributed by atoms with Crippen LogP contribution in [-0.2, 0) is 0 Å². The molecule has 0 aliphatic rings. The average Bonchev–Trinajstić information content (AvgIpc) is 2.91. The maximum atomic E-state index is 12.9. The number of aryl methyl sites for hydroxylation is 1. The number of Topliss-reactive ketones (excluding diaryl/α,β-unsaturated/α-hetero) is 2. The minimum atomic E-state index is -0.407. The van der Waals surface area contributed by atoms with Crippen molar-refractivity contribution in [2.75, 3.05) is 5.75 Å². The molecule has 2 heterocycles. The number of benzene rings is 1. The van der Waals surface area contributed by atoms with E-state index in [9.17, 15) is 18.8 Å². The van der Waals surface area contributed by atoms with Crippen LogP contribution in [0.3, 0.4) is 0 Å². The third kappa shape index (κ3) is 3.54. The Morgan fingerprint density at radius 3 is 2.60 bits per heavy atom. The van der Waals surface area contributed by atoms with Crippen molar-refractivity contribution in [3.63, 3.8) is 0 Å². The van der Waals surface area contributed by atoms with Crippen molar-refractivity contribution in [3.8, 4) is 0 Å². The highest BCUT2D eigenvalue weighted by atomic mass is 32.2. The molecule has 1 aromatic carbocycles. The van der Waals surface area contributed by atoms with Gasteiger partial charge < -0.3 is 4.98 Å². The molecule has 0 bridgehead atoms. The number of nitrogens with one attached hydrogen (secondary N) is 1. The Bertz CT molecular complexity index is 1040. The highest BCUT2D eigenvalue weighted by Crippen LogP contribution is 2.28. The third-order valence-corrected chi connectivity index (χ3v) is 5.76. The number of H-pyrrole nitrogens is 1. The summed E-state index contributed by atoms with van der Waals surface area (Å²) in [5.41, 5.74) is 0.686. The Kier molecular flexibility index (Phi) is 4.82. The quantitative estimate of drug-likeness (QED) is 0.418. The predicted octanol–water partition coefficient (Wildman–Crippen LogP) is 3.61. The van der Waals surface area contributed by atoms with E-state index in [4.69, 9.17) is 0 Å². The molecule has 0 aliphatic heterocycles. The average molecular weight is 376 g/mol.